The minimum atomic E-state index is 0.0109. The smallest absolute Gasteiger partial charge is 0.230 e. The second-order valence-corrected chi connectivity index (χ2v) is 4.33. The Bertz CT molecular complexity index is 343. The van der Waals surface area contributed by atoms with Crippen LogP contribution in [-0.4, -0.2) is 46.7 Å². The average Bonchev–Trinajstić information content (AvgIpc) is 2.79. The zero-order valence-electron chi connectivity index (χ0n) is 10.2. The first-order valence-electron chi connectivity index (χ1n) is 5.54. The van der Waals surface area contributed by atoms with E-state index in [4.69, 9.17) is 4.74 Å². The molecule has 0 unspecified atom stereocenters. The van der Waals surface area contributed by atoms with Gasteiger partial charge in [0.2, 0.25) is 5.91 Å². The normalized spacial score (nSPS) is 10.5. The molecule has 1 N–H and O–H groups in total. The highest BCUT2D eigenvalue weighted by molar-refractivity contribution is 7.99. The molecule has 0 aromatic carbocycles. The van der Waals surface area contributed by atoms with E-state index in [2.05, 4.69) is 15.5 Å². The van der Waals surface area contributed by atoms with E-state index in [1.807, 2.05) is 11.5 Å². The van der Waals surface area contributed by atoms with Crippen molar-refractivity contribution in [2.24, 2.45) is 0 Å². The van der Waals surface area contributed by atoms with E-state index in [-0.39, 0.29) is 5.91 Å². The van der Waals surface area contributed by atoms with Crippen molar-refractivity contribution in [3.05, 3.63) is 6.33 Å². The predicted octanol–water partition coefficient (Wildman–Crippen LogP) is 0.543. The first-order valence-corrected chi connectivity index (χ1v) is 6.52. The number of carbonyl (C=O) groups excluding carboxylic acids is 1. The quantitative estimate of drug-likeness (QED) is 0.544. The molecule has 1 aromatic rings. The Labute approximate surface area is 105 Å². The van der Waals surface area contributed by atoms with Gasteiger partial charge in [0, 0.05) is 26.8 Å². The maximum atomic E-state index is 11.5. The number of rotatable bonds is 8. The number of hydrogen-bond donors (Lipinski definition) is 1. The van der Waals surface area contributed by atoms with E-state index >= 15 is 0 Å². The number of amides is 1. The van der Waals surface area contributed by atoms with Crippen molar-refractivity contribution in [3.8, 4) is 0 Å². The van der Waals surface area contributed by atoms with Crippen molar-refractivity contribution in [3.63, 3.8) is 0 Å². The van der Waals surface area contributed by atoms with E-state index in [1.54, 1.807) is 13.4 Å². The molecule has 0 bridgehead atoms. The third-order valence-corrected chi connectivity index (χ3v) is 3.08. The Morgan fingerprint density at radius 3 is 3.18 bits per heavy atom. The second kappa shape index (κ2) is 8.08. The summed E-state index contributed by atoms with van der Waals surface area (Å²) in [5.41, 5.74) is 0. The molecular weight excluding hydrogens is 240 g/mol. The van der Waals surface area contributed by atoms with Gasteiger partial charge in [0.1, 0.15) is 6.33 Å². The van der Waals surface area contributed by atoms with Crippen LogP contribution < -0.4 is 5.32 Å². The molecule has 96 valence electrons. The number of aromatic nitrogens is 3. The van der Waals surface area contributed by atoms with Crippen LogP contribution in [0.15, 0.2) is 11.5 Å². The molecule has 0 aliphatic carbocycles. The molecule has 0 saturated carbocycles. The van der Waals surface area contributed by atoms with Gasteiger partial charge in [0.05, 0.1) is 5.75 Å². The number of carbonyl (C=O) groups is 1. The summed E-state index contributed by atoms with van der Waals surface area (Å²) < 4.78 is 6.80. The molecule has 0 atom stereocenters. The highest BCUT2D eigenvalue weighted by atomic mass is 32.2. The lowest BCUT2D eigenvalue weighted by Crippen LogP contribution is -2.26. The van der Waals surface area contributed by atoms with E-state index in [1.165, 1.54) is 11.8 Å². The lowest BCUT2D eigenvalue weighted by atomic mass is 10.4. The minimum absolute atomic E-state index is 0.0109. The molecule has 0 spiro atoms. The molecule has 0 radical (unpaired) electrons. The van der Waals surface area contributed by atoms with E-state index in [0.717, 1.165) is 18.1 Å². The first-order chi connectivity index (χ1) is 8.27. The summed E-state index contributed by atoms with van der Waals surface area (Å²) in [7, 11) is 1.65. The van der Waals surface area contributed by atoms with Gasteiger partial charge in [-0.05, 0) is 13.3 Å². The summed E-state index contributed by atoms with van der Waals surface area (Å²) >= 11 is 1.40. The maximum Gasteiger partial charge on any atom is 0.230 e. The Morgan fingerprint density at radius 1 is 1.65 bits per heavy atom. The molecule has 0 aliphatic heterocycles. The number of ether oxygens (including phenoxy) is 1. The zero-order valence-corrected chi connectivity index (χ0v) is 11.0. The third-order valence-electron chi connectivity index (χ3n) is 2.10. The Hall–Kier alpha value is -1.08. The van der Waals surface area contributed by atoms with Crippen LogP contribution in [0, 0.1) is 0 Å². The number of nitrogens with zero attached hydrogens (tertiary/aromatic N) is 3. The Morgan fingerprint density at radius 2 is 2.47 bits per heavy atom. The lowest BCUT2D eigenvalue weighted by Gasteiger charge is -2.05. The van der Waals surface area contributed by atoms with Crippen molar-refractivity contribution < 1.29 is 9.53 Å². The van der Waals surface area contributed by atoms with Gasteiger partial charge in [0.25, 0.3) is 0 Å². The van der Waals surface area contributed by atoms with Gasteiger partial charge in [-0.15, -0.1) is 10.2 Å². The number of hydrogen-bond acceptors (Lipinski definition) is 5. The first kappa shape index (κ1) is 14.0. The van der Waals surface area contributed by atoms with Gasteiger partial charge in [0.15, 0.2) is 5.16 Å². The fourth-order valence-corrected chi connectivity index (χ4v) is 2.01. The number of thioether (sulfide) groups is 1. The second-order valence-electron chi connectivity index (χ2n) is 3.38. The van der Waals surface area contributed by atoms with Crippen molar-refractivity contribution in [1.29, 1.82) is 0 Å². The Kier molecular flexibility index (Phi) is 6.64. The summed E-state index contributed by atoms with van der Waals surface area (Å²) in [4.78, 5) is 11.5. The lowest BCUT2D eigenvalue weighted by molar-refractivity contribution is -0.118. The molecule has 1 heterocycles. The SMILES string of the molecule is CCn1cnnc1SCC(=O)NCCCOC. The largest absolute Gasteiger partial charge is 0.385 e. The summed E-state index contributed by atoms with van der Waals surface area (Å²) in [5.74, 6) is 0.378. The van der Waals surface area contributed by atoms with Crippen LogP contribution in [0.5, 0.6) is 0 Å². The van der Waals surface area contributed by atoms with Crippen LogP contribution in [-0.2, 0) is 16.1 Å². The number of nitrogens with one attached hydrogen (secondary N) is 1. The van der Waals surface area contributed by atoms with Gasteiger partial charge >= 0.3 is 0 Å². The average molecular weight is 258 g/mol. The van der Waals surface area contributed by atoms with Crippen LogP contribution in [0.2, 0.25) is 0 Å². The topological polar surface area (TPSA) is 69.0 Å². The number of methoxy groups -OCH3 is 1. The predicted molar refractivity (Wildman–Crippen MR) is 65.9 cm³/mol. The summed E-state index contributed by atoms with van der Waals surface area (Å²) in [6.45, 7) is 4.13. The van der Waals surface area contributed by atoms with Gasteiger partial charge in [-0.1, -0.05) is 11.8 Å². The molecule has 1 amide bonds. The van der Waals surface area contributed by atoms with Crippen molar-refractivity contribution in [1.82, 2.24) is 20.1 Å². The van der Waals surface area contributed by atoms with Crippen LogP contribution in [0.25, 0.3) is 0 Å². The van der Waals surface area contributed by atoms with Gasteiger partial charge in [-0.3, -0.25) is 4.79 Å². The molecule has 1 rings (SSSR count). The summed E-state index contributed by atoms with van der Waals surface area (Å²) in [6.07, 6.45) is 2.50. The van der Waals surface area contributed by atoms with Crippen LogP contribution in [0.1, 0.15) is 13.3 Å². The van der Waals surface area contributed by atoms with E-state index in [9.17, 15) is 4.79 Å². The van der Waals surface area contributed by atoms with Crippen molar-refractivity contribution in [2.75, 3.05) is 26.0 Å². The molecule has 0 aliphatic rings. The molecule has 7 heteroatoms. The highest BCUT2D eigenvalue weighted by Crippen LogP contribution is 2.13. The Balaban J connectivity index is 2.19. The monoisotopic (exact) mass is 258 g/mol. The van der Waals surface area contributed by atoms with Crippen molar-refractivity contribution in [2.45, 2.75) is 25.0 Å². The van der Waals surface area contributed by atoms with E-state index in [0.29, 0.717) is 18.9 Å². The molecule has 6 nitrogen and oxygen atoms in total. The highest BCUT2D eigenvalue weighted by Gasteiger charge is 2.07. The number of aryl methyl sites for hydroxylation is 1. The van der Waals surface area contributed by atoms with Gasteiger partial charge in [-0.25, -0.2) is 0 Å². The van der Waals surface area contributed by atoms with Crippen molar-refractivity contribution >= 4 is 17.7 Å². The summed E-state index contributed by atoms with van der Waals surface area (Å²) in [5, 5.41) is 11.3. The maximum absolute atomic E-state index is 11.5. The molecular formula is C10H18N4O2S. The third kappa shape index (κ3) is 5.18. The van der Waals surface area contributed by atoms with Crippen LogP contribution >= 0.6 is 11.8 Å². The minimum Gasteiger partial charge on any atom is -0.385 e. The molecule has 1 aromatic heterocycles. The van der Waals surface area contributed by atoms with Gasteiger partial charge in [-0.2, -0.15) is 0 Å². The molecule has 0 fully saturated rings. The van der Waals surface area contributed by atoms with Gasteiger partial charge < -0.3 is 14.6 Å². The molecule has 17 heavy (non-hydrogen) atoms. The molecule has 0 saturated heterocycles. The van der Waals surface area contributed by atoms with E-state index < -0.39 is 0 Å². The van der Waals surface area contributed by atoms with Crippen LogP contribution in [0.4, 0.5) is 0 Å². The van der Waals surface area contributed by atoms with Crippen LogP contribution in [0.3, 0.4) is 0 Å². The zero-order chi connectivity index (χ0) is 12.5. The fourth-order valence-electron chi connectivity index (χ4n) is 1.20. The summed E-state index contributed by atoms with van der Waals surface area (Å²) in [6, 6.07) is 0. The fraction of sp³-hybridized carbons (Fsp3) is 0.700. The standard InChI is InChI=1S/C10H18N4O2S/c1-3-14-8-12-13-10(14)17-7-9(15)11-5-4-6-16-2/h8H,3-7H2,1-2H3,(H,11,15).